The highest BCUT2D eigenvalue weighted by Crippen LogP contribution is 2.43. The van der Waals surface area contributed by atoms with Gasteiger partial charge < -0.3 is 23.1 Å². The highest BCUT2D eigenvalue weighted by atomic mass is 28.4. The summed E-state index contributed by atoms with van der Waals surface area (Å²) in [5.74, 6) is -2.26. The molecule has 1 heterocycles. The maximum Gasteiger partial charge on any atom is 0.336 e. The van der Waals surface area contributed by atoms with Crippen molar-refractivity contribution in [3.8, 4) is 0 Å². The summed E-state index contributed by atoms with van der Waals surface area (Å²) in [6, 6.07) is 0. The fourth-order valence-electron chi connectivity index (χ4n) is 2.54. The molecule has 1 fully saturated rings. The third-order valence-corrected chi connectivity index (χ3v) is 15.5. The zero-order valence-electron chi connectivity index (χ0n) is 20.7. The summed E-state index contributed by atoms with van der Waals surface area (Å²) in [6.07, 6.45) is -1.60. The lowest BCUT2D eigenvalue weighted by Gasteiger charge is -2.46. The number of carbonyl (C=O) groups excluding carboxylic acids is 2. The van der Waals surface area contributed by atoms with Gasteiger partial charge in [-0.3, -0.25) is 4.79 Å². The Labute approximate surface area is 184 Å². The summed E-state index contributed by atoms with van der Waals surface area (Å²) < 4.78 is 30.0. The first-order valence-electron chi connectivity index (χ1n) is 10.7. The van der Waals surface area contributed by atoms with Crippen LogP contribution >= 0.6 is 0 Å². The predicted octanol–water partition coefficient (Wildman–Crippen LogP) is 4.27. The second kappa shape index (κ2) is 9.50. The second-order valence-corrected chi connectivity index (χ2v) is 20.4. The van der Waals surface area contributed by atoms with E-state index in [4.69, 9.17) is 23.1 Å². The van der Waals surface area contributed by atoms with Crippen molar-refractivity contribution in [2.75, 3.05) is 19.8 Å². The second-order valence-electron chi connectivity index (χ2n) is 10.9. The Hall–Kier alpha value is -0.586. The molecule has 30 heavy (non-hydrogen) atoms. The van der Waals surface area contributed by atoms with Crippen molar-refractivity contribution in [2.24, 2.45) is 0 Å². The number of esters is 1. The molecule has 1 saturated heterocycles. The normalized spacial score (nSPS) is 20.0. The van der Waals surface area contributed by atoms with Gasteiger partial charge in [-0.1, -0.05) is 41.5 Å². The zero-order valence-corrected chi connectivity index (χ0v) is 22.7. The topological polar surface area (TPSA) is 80.3 Å². The van der Waals surface area contributed by atoms with Crippen molar-refractivity contribution >= 4 is 28.9 Å². The van der Waals surface area contributed by atoms with Gasteiger partial charge in [-0.15, -0.1) is 0 Å². The monoisotopic (exact) mass is 462 g/mol. The van der Waals surface area contributed by atoms with Gasteiger partial charge >= 0.3 is 5.97 Å². The van der Waals surface area contributed by atoms with E-state index in [0.29, 0.717) is 6.29 Å². The number of aldehydes is 1. The van der Waals surface area contributed by atoms with E-state index in [1.807, 2.05) is 13.1 Å². The van der Waals surface area contributed by atoms with Crippen LogP contribution in [-0.2, 0) is 32.7 Å². The fraction of sp³-hybridized carbons (Fsp3) is 0.905. The van der Waals surface area contributed by atoms with Crippen LogP contribution in [0.5, 0.6) is 0 Å². The molecule has 7 nitrogen and oxygen atoms in total. The van der Waals surface area contributed by atoms with Gasteiger partial charge in [0.25, 0.3) is 5.79 Å². The van der Waals surface area contributed by atoms with E-state index < -0.39 is 40.6 Å². The van der Waals surface area contributed by atoms with Gasteiger partial charge in [0.15, 0.2) is 29.0 Å². The van der Waals surface area contributed by atoms with Crippen molar-refractivity contribution < 1.29 is 32.7 Å². The van der Waals surface area contributed by atoms with E-state index >= 15 is 0 Å². The molecule has 0 aromatic rings. The van der Waals surface area contributed by atoms with E-state index in [9.17, 15) is 9.59 Å². The third kappa shape index (κ3) is 6.01. The van der Waals surface area contributed by atoms with Crippen molar-refractivity contribution in [1.29, 1.82) is 0 Å². The molecular weight excluding hydrogens is 420 g/mol. The Balaban J connectivity index is 3.55. The minimum absolute atomic E-state index is 0.162. The molecule has 0 aromatic heterocycles. The summed E-state index contributed by atoms with van der Waals surface area (Å²) in [7, 11) is -4.88. The molecule has 9 heteroatoms. The number of hydrogen-bond acceptors (Lipinski definition) is 7. The molecular formula is C21H42O7Si2. The summed E-state index contributed by atoms with van der Waals surface area (Å²) in [4.78, 5) is 25.4. The van der Waals surface area contributed by atoms with Crippen LogP contribution in [0.1, 0.15) is 48.5 Å². The average Bonchev–Trinajstić information content (AvgIpc) is 3.06. The van der Waals surface area contributed by atoms with E-state index in [2.05, 4.69) is 54.6 Å². The highest BCUT2D eigenvalue weighted by molar-refractivity contribution is 6.74. The number of hydrogen-bond donors (Lipinski definition) is 0. The van der Waals surface area contributed by atoms with Crippen LogP contribution in [0.3, 0.4) is 0 Å². The summed E-state index contributed by atoms with van der Waals surface area (Å²) in [5.41, 5.74) is 0. The Morgan fingerprint density at radius 2 is 1.40 bits per heavy atom. The molecule has 0 radical (unpaired) electrons. The van der Waals surface area contributed by atoms with Crippen molar-refractivity contribution in [1.82, 2.24) is 0 Å². The quantitative estimate of drug-likeness (QED) is 0.287. The standard InChI is InChI=1S/C21H42O7Si2/c1-12-24-18(23)16(27-29(8,9)19(2,3)4)17(21(15-22)25-13-14-26-21)28-30(10,11)20(5,6)7/h15-17H,12-14H2,1-11H3/t16-,17-/m0/s1. The molecule has 0 unspecified atom stereocenters. The maximum atomic E-state index is 13.1. The summed E-state index contributed by atoms with van der Waals surface area (Å²) >= 11 is 0. The van der Waals surface area contributed by atoms with Crippen molar-refractivity contribution in [3.05, 3.63) is 0 Å². The van der Waals surface area contributed by atoms with Crippen molar-refractivity contribution in [2.45, 2.75) is 103 Å². The first-order valence-corrected chi connectivity index (χ1v) is 16.5. The lowest BCUT2D eigenvalue weighted by molar-refractivity contribution is -0.222. The van der Waals surface area contributed by atoms with Crippen LogP contribution in [-0.4, -0.2) is 66.7 Å². The lowest BCUT2D eigenvalue weighted by atomic mass is 10.1. The fourth-order valence-corrected chi connectivity index (χ4v) is 5.03. The first kappa shape index (κ1) is 27.4. The van der Waals surface area contributed by atoms with Gasteiger partial charge in [-0.25, -0.2) is 4.79 Å². The zero-order chi connectivity index (χ0) is 23.6. The summed E-state index contributed by atoms with van der Waals surface area (Å²) in [5, 5.41) is -0.324. The van der Waals surface area contributed by atoms with Crippen LogP contribution in [0, 0.1) is 0 Å². The molecule has 0 spiro atoms. The Morgan fingerprint density at radius 1 is 0.967 bits per heavy atom. The van der Waals surface area contributed by atoms with E-state index in [0.717, 1.165) is 0 Å². The van der Waals surface area contributed by atoms with Gasteiger partial charge in [0.2, 0.25) is 0 Å². The van der Waals surface area contributed by atoms with Crippen LogP contribution in [0.15, 0.2) is 0 Å². The van der Waals surface area contributed by atoms with Crippen LogP contribution in [0.4, 0.5) is 0 Å². The minimum atomic E-state index is -2.44. The highest BCUT2D eigenvalue weighted by Gasteiger charge is 2.57. The van der Waals surface area contributed by atoms with E-state index in [1.165, 1.54) is 0 Å². The minimum Gasteiger partial charge on any atom is -0.464 e. The van der Waals surface area contributed by atoms with Gasteiger partial charge in [0.1, 0.15) is 6.10 Å². The molecule has 0 aliphatic carbocycles. The molecule has 0 bridgehead atoms. The summed E-state index contributed by atoms with van der Waals surface area (Å²) in [6.45, 7) is 23.2. The predicted molar refractivity (Wildman–Crippen MR) is 121 cm³/mol. The Bertz CT molecular complexity index is 599. The lowest BCUT2D eigenvalue weighted by Crippen LogP contribution is -2.63. The molecule has 0 saturated carbocycles. The molecule has 1 aliphatic rings. The largest absolute Gasteiger partial charge is 0.464 e. The van der Waals surface area contributed by atoms with Crippen LogP contribution in [0.2, 0.25) is 36.3 Å². The van der Waals surface area contributed by atoms with E-state index in [-0.39, 0.29) is 29.9 Å². The third-order valence-electron chi connectivity index (χ3n) is 6.55. The smallest absolute Gasteiger partial charge is 0.336 e. The van der Waals surface area contributed by atoms with Crippen LogP contribution < -0.4 is 0 Å². The Morgan fingerprint density at radius 3 is 1.77 bits per heavy atom. The maximum absolute atomic E-state index is 13.1. The number of rotatable bonds is 9. The van der Waals surface area contributed by atoms with Crippen molar-refractivity contribution in [3.63, 3.8) is 0 Å². The SMILES string of the molecule is CCOC(=O)[C@@H](O[Si](C)(C)C(C)(C)C)[C@H](O[Si](C)(C)C(C)(C)C)C1(C=O)OCCO1. The molecule has 0 N–H and O–H groups in total. The van der Waals surface area contributed by atoms with Crippen LogP contribution in [0.25, 0.3) is 0 Å². The van der Waals surface area contributed by atoms with Gasteiger partial charge in [0.05, 0.1) is 19.8 Å². The average molecular weight is 463 g/mol. The molecule has 0 aromatic carbocycles. The number of ether oxygens (including phenoxy) is 3. The number of carbonyl (C=O) groups is 2. The van der Waals surface area contributed by atoms with Gasteiger partial charge in [0, 0.05) is 0 Å². The Kier molecular flexibility index (Phi) is 8.69. The molecule has 176 valence electrons. The van der Waals surface area contributed by atoms with Gasteiger partial charge in [-0.05, 0) is 43.2 Å². The van der Waals surface area contributed by atoms with Gasteiger partial charge in [-0.2, -0.15) is 0 Å². The molecule has 1 aliphatic heterocycles. The molecule has 2 atom stereocenters. The van der Waals surface area contributed by atoms with E-state index in [1.54, 1.807) is 6.92 Å². The molecule has 0 amide bonds. The first-order chi connectivity index (χ1) is 13.4. The molecule has 1 rings (SSSR count).